The van der Waals surface area contributed by atoms with Gasteiger partial charge in [-0.25, -0.2) is 4.79 Å². The number of carbonyl (C=O) groups excluding carboxylic acids is 1. The number of allylic oxidation sites excluding steroid dienone is 5. The van der Waals surface area contributed by atoms with Gasteiger partial charge in [0.2, 0.25) is 0 Å². The first-order chi connectivity index (χ1) is 14.4. The molecule has 2 rings (SSSR count). The molecule has 6 nitrogen and oxygen atoms in total. The van der Waals surface area contributed by atoms with Crippen molar-refractivity contribution >= 4 is 5.97 Å². The second-order valence-electron chi connectivity index (χ2n) is 7.80. The Labute approximate surface area is 178 Å². The summed E-state index contributed by atoms with van der Waals surface area (Å²) in [5.41, 5.74) is 0. The predicted octanol–water partition coefficient (Wildman–Crippen LogP) is 2.90. The van der Waals surface area contributed by atoms with Crippen molar-refractivity contribution in [1.82, 2.24) is 0 Å². The predicted molar refractivity (Wildman–Crippen MR) is 116 cm³/mol. The standard InChI is InChI=1S/C24H34O6/c1-18-10-6-3-2-4-7-12-20(26)16-21(27)17-23-22(30-23)15-14-19(25)11-8-5-9-13-24(28)29-18/h2,4-5,7-9,12-15,18-23,25-27H,3,6,10-11,16-17H2,1H3/b4-2+,8-5+,12-7+,13-9-,15-14+/t18-,19+,20+,21-,22-,23+/m1/s1. The van der Waals surface area contributed by atoms with Crippen molar-refractivity contribution in [3.05, 3.63) is 60.8 Å². The van der Waals surface area contributed by atoms with Crippen LogP contribution in [-0.4, -0.2) is 57.9 Å². The maximum absolute atomic E-state index is 11.8. The van der Waals surface area contributed by atoms with Gasteiger partial charge in [-0.3, -0.25) is 0 Å². The third kappa shape index (κ3) is 10.7. The molecule has 2 aliphatic rings. The quantitative estimate of drug-likeness (QED) is 0.318. The molecule has 0 radical (unpaired) electrons. The molecule has 1 saturated heterocycles. The van der Waals surface area contributed by atoms with Crippen LogP contribution in [0.4, 0.5) is 0 Å². The number of aliphatic hydroxyl groups excluding tert-OH is 3. The smallest absolute Gasteiger partial charge is 0.331 e. The fourth-order valence-corrected chi connectivity index (χ4v) is 3.17. The normalized spacial score (nSPS) is 40.1. The third-order valence-corrected chi connectivity index (χ3v) is 4.90. The number of ether oxygens (including phenoxy) is 2. The van der Waals surface area contributed by atoms with Gasteiger partial charge in [-0.1, -0.05) is 54.7 Å². The molecule has 0 aromatic rings. The summed E-state index contributed by atoms with van der Waals surface area (Å²) in [6.45, 7) is 1.87. The molecule has 1 fully saturated rings. The lowest BCUT2D eigenvalue weighted by molar-refractivity contribution is -0.142. The van der Waals surface area contributed by atoms with Crippen molar-refractivity contribution in [3.8, 4) is 0 Å². The second-order valence-corrected chi connectivity index (χ2v) is 7.80. The molecule has 30 heavy (non-hydrogen) atoms. The molecule has 6 atom stereocenters. The molecule has 0 aromatic heterocycles. The Morgan fingerprint density at radius 1 is 0.933 bits per heavy atom. The van der Waals surface area contributed by atoms with E-state index in [4.69, 9.17) is 9.47 Å². The van der Waals surface area contributed by atoms with Crippen LogP contribution in [0.1, 0.15) is 45.4 Å². The first kappa shape index (κ1) is 24.3. The number of fused-ring (bicyclic) bond motifs is 1. The molecule has 0 spiro atoms. The van der Waals surface area contributed by atoms with E-state index in [1.165, 1.54) is 6.08 Å². The van der Waals surface area contributed by atoms with Crippen molar-refractivity contribution in [2.75, 3.05) is 0 Å². The average molecular weight is 419 g/mol. The zero-order valence-corrected chi connectivity index (χ0v) is 17.5. The minimum atomic E-state index is -0.718. The summed E-state index contributed by atoms with van der Waals surface area (Å²) in [4.78, 5) is 11.8. The Morgan fingerprint density at radius 3 is 2.57 bits per heavy atom. The molecule has 0 bridgehead atoms. The van der Waals surface area contributed by atoms with Crippen LogP contribution >= 0.6 is 0 Å². The molecule has 6 heteroatoms. The number of hydrogen-bond acceptors (Lipinski definition) is 6. The molecule has 2 aliphatic heterocycles. The van der Waals surface area contributed by atoms with E-state index in [0.717, 1.165) is 19.3 Å². The monoisotopic (exact) mass is 418 g/mol. The summed E-state index contributed by atoms with van der Waals surface area (Å²) in [5, 5.41) is 30.1. The van der Waals surface area contributed by atoms with Crippen LogP contribution in [0.5, 0.6) is 0 Å². The Bertz CT molecular complexity index is 663. The summed E-state index contributed by atoms with van der Waals surface area (Å²) in [5.74, 6) is -0.381. The molecule has 0 amide bonds. The minimum absolute atomic E-state index is 0.0862. The van der Waals surface area contributed by atoms with Gasteiger partial charge in [0.05, 0.1) is 30.5 Å². The lowest BCUT2D eigenvalue weighted by Gasteiger charge is -2.11. The van der Waals surface area contributed by atoms with Crippen LogP contribution in [0.15, 0.2) is 60.8 Å². The van der Waals surface area contributed by atoms with Gasteiger partial charge in [0.25, 0.3) is 0 Å². The second kappa shape index (κ2) is 13.3. The average Bonchev–Trinajstić information content (AvgIpc) is 3.42. The summed E-state index contributed by atoms with van der Waals surface area (Å²) >= 11 is 0. The van der Waals surface area contributed by atoms with E-state index in [9.17, 15) is 20.1 Å². The molecule has 0 saturated carbocycles. The van der Waals surface area contributed by atoms with Crippen LogP contribution in [0, 0.1) is 0 Å². The van der Waals surface area contributed by atoms with E-state index in [2.05, 4.69) is 0 Å². The number of cyclic esters (lactones) is 1. The highest BCUT2D eigenvalue weighted by atomic mass is 16.6. The van der Waals surface area contributed by atoms with Crippen LogP contribution in [0.3, 0.4) is 0 Å². The van der Waals surface area contributed by atoms with Crippen molar-refractivity contribution < 1.29 is 29.6 Å². The number of epoxide rings is 1. The number of esters is 1. The van der Waals surface area contributed by atoms with Gasteiger partial charge >= 0.3 is 5.97 Å². The van der Waals surface area contributed by atoms with Gasteiger partial charge in [0, 0.05) is 18.9 Å². The van der Waals surface area contributed by atoms with E-state index >= 15 is 0 Å². The minimum Gasteiger partial charge on any atom is -0.460 e. The number of aliphatic hydroxyl groups is 3. The van der Waals surface area contributed by atoms with Crippen LogP contribution in [0.25, 0.3) is 0 Å². The van der Waals surface area contributed by atoms with Crippen LogP contribution < -0.4 is 0 Å². The van der Waals surface area contributed by atoms with E-state index in [0.29, 0.717) is 12.8 Å². The maximum atomic E-state index is 11.8. The molecule has 0 unspecified atom stereocenters. The highest BCUT2D eigenvalue weighted by Crippen LogP contribution is 2.29. The molecular weight excluding hydrogens is 384 g/mol. The lowest BCUT2D eigenvalue weighted by Crippen LogP contribution is -2.18. The van der Waals surface area contributed by atoms with Gasteiger partial charge in [-0.05, 0) is 32.6 Å². The molecule has 0 aliphatic carbocycles. The lowest BCUT2D eigenvalue weighted by atomic mass is 10.0. The van der Waals surface area contributed by atoms with Gasteiger partial charge < -0.3 is 24.8 Å². The van der Waals surface area contributed by atoms with Gasteiger partial charge in [-0.15, -0.1) is 0 Å². The largest absolute Gasteiger partial charge is 0.460 e. The van der Waals surface area contributed by atoms with Crippen molar-refractivity contribution in [2.24, 2.45) is 0 Å². The highest BCUT2D eigenvalue weighted by Gasteiger charge is 2.38. The number of hydrogen-bond donors (Lipinski definition) is 3. The van der Waals surface area contributed by atoms with Crippen molar-refractivity contribution in [2.45, 2.75) is 82.1 Å². The Hall–Kier alpha value is -1.99. The van der Waals surface area contributed by atoms with Gasteiger partial charge in [-0.2, -0.15) is 0 Å². The third-order valence-electron chi connectivity index (χ3n) is 4.90. The van der Waals surface area contributed by atoms with Gasteiger partial charge in [0.15, 0.2) is 0 Å². The van der Waals surface area contributed by atoms with E-state index in [1.54, 1.807) is 42.5 Å². The van der Waals surface area contributed by atoms with E-state index in [1.807, 2.05) is 19.1 Å². The fourth-order valence-electron chi connectivity index (χ4n) is 3.17. The Balaban J connectivity index is 1.91. The molecule has 3 N–H and O–H groups in total. The Morgan fingerprint density at radius 2 is 1.73 bits per heavy atom. The summed E-state index contributed by atoms with van der Waals surface area (Å²) in [6.07, 6.45) is 18.5. The number of carbonyl (C=O) groups is 1. The highest BCUT2D eigenvalue weighted by molar-refractivity contribution is 5.82. The zero-order valence-electron chi connectivity index (χ0n) is 17.5. The van der Waals surface area contributed by atoms with Gasteiger partial charge in [0.1, 0.15) is 6.10 Å². The first-order valence-electron chi connectivity index (χ1n) is 10.7. The van der Waals surface area contributed by atoms with Crippen LogP contribution in [-0.2, 0) is 14.3 Å². The first-order valence-corrected chi connectivity index (χ1v) is 10.7. The number of rotatable bonds is 0. The topological polar surface area (TPSA) is 99.5 Å². The zero-order chi connectivity index (χ0) is 21.8. The molecule has 0 aromatic carbocycles. The maximum Gasteiger partial charge on any atom is 0.331 e. The Kier molecular flexibility index (Phi) is 10.8. The summed E-state index contributed by atoms with van der Waals surface area (Å²) < 4.78 is 10.8. The van der Waals surface area contributed by atoms with Crippen molar-refractivity contribution in [3.63, 3.8) is 0 Å². The van der Waals surface area contributed by atoms with Crippen LogP contribution in [0.2, 0.25) is 0 Å². The molecule has 166 valence electrons. The molecule has 2 heterocycles. The van der Waals surface area contributed by atoms with E-state index in [-0.39, 0.29) is 30.7 Å². The fraction of sp³-hybridized carbons (Fsp3) is 0.542. The summed E-state index contributed by atoms with van der Waals surface area (Å²) in [7, 11) is 0. The summed E-state index contributed by atoms with van der Waals surface area (Å²) in [6, 6.07) is 0. The molecular formula is C24H34O6. The van der Waals surface area contributed by atoms with Crippen molar-refractivity contribution in [1.29, 1.82) is 0 Å². The SMILES string of the molecule is C[C@@H]1CCC/C=C/C=C/[C@H](O)C[C@@H](O)C[C@@H]2O[C@@H]2/C=C/[C@@H](O)C/C=C/C=C\C(=O)O1. The van der Waals surface area contributed by atoms with E-state index < -0.39 is 18.3 Å².